The van der Waals surface area contributed by atoms with Crippen molar-refractivity contribution in [3.63, 3.8) is 0 Å². The Morgan fingerprint density at radius 2 is 1.64 bits per heavy atom. The fourth-order valence-corrected chi connectivity index (χ4v) is 2.87. The highest BCUT2D eigenvalue weighted by atomic mass is 79.9. The molecule has 0 aromatic heterocycles. The molecule has 25 heavy (non-hydrogen) atoms. The number of amides is 2. The fraction of sp³-hybridized carbons (Fsp3) is 0.263. The summed E-state index contributed by atoms with van der Waals surface area (Å²) in [7, 11) is 0. The van der Waals surface area contributed by atoms with Crippen LogP contribution >= 0.6 is 15.9 Å². The van der Waals surface area contributed by atoms with Crippen molar-refractivity contribution in [3.05, 3.63) is 64.1 Å². The second kappa shape index (κ2) is 8.27. The maximum Gasteiger partial charge on any atom is 0.255 e. The van der Waals surface area contributed by atoms with E-state index < -0.39 is 0 Å². The number of carbonyl (C=O) groups is 2. The van der Waals surface area contributed by atoms with Crippen LogP contribution in [0.5, 0.6) is 0 Å². The van der Waals surface area contributed by atoms with Crippen molar-refractivity contribution in [1.82, 2.24) is 4.90 Å². The van der Waals surface area contributed by atoms with Crippen molar-refractivity contribution >= 4 is 33.4 Å². The third kappa shape index (κ3) is 4.90. The van der Waals surface area contributed by atoms with Gasteiger partial charge in [0.2, 0.25) is 5.91 Å². The van der Waals surface area contributed by atoms with Gasteiger partial charge in [-0.2, -0.15) is 0 Å². The van der Waals surface area contributed by atoms with E-state index in [1.54, 1.807) is 12.1 Å². The summed E-state index contributed by atoms with van der Waals surface area (Å²) in [5, 5.41) is 2.86. The lowest BCUT2D eigenvalue weighted by atomic mass is 10.1. The number of anilines is 1. The maximum absolute atomic E-state index is 12.2. The predicted molar refractivity (Wildman–Crippen MR) is 99.6 cm³/mol. The molecule has 0 radical (unpaired) electrons. The first-order chi connectivity index (χ1) is 12.1. The van der Waals surface area contributed by atoms with Gasteiger partial charge >= 0.3 is 0 Å². The number of nitrogens with one attached hydrogen (secondary N) is 1. The molecular weight excluding hydrogens is 384 g/mol. The molecule has 2 amide bonds. The van der Waals surface area contributed by atoms with Gasteiger partial charge in [-0.25, -0.2) is 0 Å². The molecule has 0 spiro atoms. The second-order valence-corrected chi connectivity index (χ2v) is 6.74. The highest BCUT2D eigenvalue weighted by Crippen LogP contribution is 2.15. The van der Waals surface area contributed by atoms with E-state index in [2.05, 4.69) is 21.2 Å². The molecule has 0 atom stereocenters. The van der Waals surface area contributed by atoms with Gasteiger partial charge in [0.15, 0.2) is 0 Å². The molecule has 2 aromatic rings. The number of benzene rings is 2. The Kier molecular flexibility index (Phi) is 5.83. The van der Waals surface area contributed by atoms with Crippen LogP contribution in [-0.2, 0) is 16.0 Å². The second-order valence-electron chi connectivity index (χ2n) is 5.83. The van der Waals surface area contributed by atoms with E-state index in [0.717, 1.165) is 10.0 Å². The van der Waals surface area contributed by atoms with Gasteiger partial charge in [0, 0.05) is 28.8 Å². The summed E-state index contributed by atoms with van der Waals surface area (Å²) < 4.78 is 6.19. The molecule has 1 aliphatic heterocycles. The van der Waals surface area contributed by atoms with E-state index >= 15 is 0 Å². The predicted octanol–water partition coefficient (Wildman–Crippen LogP) is 3.10. The first kappa shape index (κ1) is 17.6. The third-order valence-electron chi connectivity index (χ3n) is 4.04. The molecule has 6 heteroatoms. The molecule has 1 N–H and O–H groups in total. The minimum Gasteiger partial charge on any atom is -0.378 e. The highest BCUT2D eigenvalue weighted by molar-refractivity contribution is 9.10. The number of hydrogen-bond acceptors (Lipinski definition) is 3. The van der Waals surface area contributed by atoms with Crippen molar-refractivity contribution in [2.75, 3.05) is 31.6 Å². The highest BCUT2D eigenvalue weighted by Gasteiger charge is 2.16. The standard InChI is InChI=1S/C19H19BrN2O3/c20-16-5-3-15(4-6-16)19(24)21-17-7-1-14(2-8-17)13-18(23)22-9-11-25-12-10-22/h1-8H,9-13H2,(H,21,24). The van der Waals surface area contributed by atoms with Crippen LogP contribution in [0.2, 0.25) is 0 Å². The lowest BCUT2D eigenvalue weighted by molar-refractivity contribution is -0.134. The van der Waals surface area contributed by atoms with E-state index in [1.165, 1.54) is 0 Å². The number of carbonyl (C=O) groups excluding carboxylic acids is 2. The molecule has 2 aromatic carbocycles. The van der Waals surface area contributed by atoms with Crippen LogP contribution < -0.4 is 5.32 Å². The van der Waals surface area contributed by atoms with Crippen molar-refractivity contribution in [3.8, 4) is 0 Å². The van der Waals surface area contributed by atoms with Gasteiger partial charge in [-0.1, -0.05) is 28.1 Å². The molecule has 1 saturated heterocycles. The summed E-state index contributed by atoms with van der Waals surface area (Å²) in [6, 6.07) is 14.6. The zero-order chi connectivity index (χ0) is 17.6. The summed E-state index contributed by atoms with van der Waals surface area (Å²) >= 11 is 3.35. The van der Waals surface area contributed by atoms with Crippen molar-refractivity contribution in [1.29, 1.82) is 0 Å². The van der Waals surface area contributed by atoms with E-state index in [-0.39, 0.29) is 11.8 Å². The van der Waals surface area contributed by atoms with Crippen LogP contribution in [0.1, 0.15) is 15.9 Å². The van der Waals surface area contributed by atoms with Gasteiger partial charge in [0.25, 0.3) is 5.91 Å². The molecule has 1 fully saturated rings. The van der Waals surface area contributed by atoms with Crippen LogP contribution in [0.4, 0.5) is 5.69 Å². The van der Waals surface area contributed by atoms with Gasteiger partial charge in [-0.05, 0) is 42.0 Å². The Morgan fingerprint density at radius 1 is 1.00 bits per heavy atom. The van der Waals surface area contributed by atoms with Crippen LogP contribution in [0.3, 0.4) is 0 Å². The largest absolute Gasteiger partial charge is 0.378 e. The van der Waals surface area contributed by atoms with Gasteiger partial charge in [-0.3, -0.25) is 9.59 Å². The molecule has 1 heterocycles. The molecule has 3 rings (SSSR count). The zero-order valence-electron chi connectivity index (χ0n) is 13.7. The number of ether oxygens (including phenoxy) is 1. The Bertz CT molecular complexity index is 738. The van der Waals surface area contributed by atoms with Crippen LogP contribution in [0.15, 0.2) is 53.0 Å². The number of nitrogens with zero attached hydrogens (tertiary/aromatic N) is 1. The van der Waals surface area contributed by atoms with Crippen molar-refractivity contribution in [2.45, 2.75) is 6.42 Å². The Balaban J connectivity index is 1.57. The molecule has 0 unspecified atom stereocenters. The maximum atomic E-state index is 12.2. The van der Waals surface area contributed by atoms with Gasteiger partial charge in [-0.15, -0.1) is 0 Å². The van der Waals surface area contributed by atoms with E-state index in [1.807, 2.05) is 41.3 Å². The van der Waals surface area contributed by atoms with Gasteiger partial charge in [0.05, 0.1) is 19.6 Å². The molecular formula is C19H19BrN2O3. The Morgan fingerprint density at radius 3 is 2.28 bits per heavy atom. The van der Waals surface area contributed by atoms with Crippen LogP contribution in [0, 0.1) is 0 Å². The monoisotopic (exact) mass is 402 g/mol. The summed E-state index contributed by atoms with van der Waals surface area (Å²) in [6.45, 7) is 2.51. The first-order valence-electron chi connectivity index (χ1n) is 8.13. The topological polar surface area (TPSA) is 58.6 Å². The molecule has 0 saturated carbocycles. The van der Waals surface area contributed by atoms with Gasteiger partial charge < -0.3 is 15.0 Å². The lowest BCUT2D eigenvalue weighted by Crippen LogP contribution is -2.41. The smallest absolute Gasteiger partial charge is 0.255 e. The Hall–Kier alpha value is -2.18. The summed E-state index contributed by atoms with van der Waals surface area (Å²) in [5.74, 6) is -0.0559. The lowest BCUT2D eigenvalue weighted by Gasteiger charge is -2.26. The number of morpholine rings is 1. The summed E-state index contributed by atoms with van der Waals surface area (Å²) in [4.78, 5) is 26.3. The average molecular weight is 403 g/mol. The summed E-state index contributed by atoms with van der Waals surface area (Å²) in [5.41, 5.74) is 2.23. The summed E-state index contributed by atoms with van der Waals surface area (Å²) in [6.07, 6.45) is 0.362. The molecule has 0 aliphatic carbocycles. The number of rotatable bonds is 4. The normalized spacial score (nSPS) is 14.2. The van der Waals surface area contributed by atoms with Crippen molar-refractivity contribution in [2.24, 2.45) is 0 Å². The molecule has 5 nitrogen and oxygen atoms in total. The molecule has 0 bridgehead atoms. The molecule has 1 aliphatic rings. The van der Waals surface area contributed by atoms with Crippen LogP contribution in [0.25, 0.3) is 0 Å². The average Bonchev–Trinajstić information content (AvgIpc) is 2.64. The zero-order valence-corrected chi connectivity index (χ0v) is 15.3. The minimum absolute atomic E-state index is 0.106. The molecule has 130 valence electrons. The number of halogens is 1. The van der Waals surface area contributed by atoms with E-state index in [4.69, 9.17) is 4.74 Å². The third-order valence-corrected chi connectivity index (χ3v) is 4.57. The van der Waals surface area contributed by atoms with E-state index in [9.17, 15) is 9.59 Å². The van der Waals surface area contributed by atoms with Crippen molar-refractivity contribution < 1.29 is 14.3 Å². The fourth-order valence-electron chi connectivity index (χ4n) is 2.61. The Labute approximate surface area is 155 Å². The SMILES string of the molecule is O=C(Nc1ccc(CC(=O)N2CCOCC2)cc1)c1ccc(Br)cc1. The van der Waals surface area contributed by atoms with Gasteiger partial charge in [0.1, 0.15) is 0 Å². The van der Waals surface area contributed by atoms with E-state index in [0.29, 0.717) is 44.0 Å². The number of hydrogen-bond donors (Lipinski definition) is 1. The first-order valence-corrected chi connectivity index (χ1v) is 8.92. The quantitative estimate of drug-likeness (QED) is 0.854. The van der Waals surface area contributed by atoms with Crippen LogP contribution in [-0.4, -0.2) is 43.0 Å². The minimum atomic E-state index is -0.162.